The highest BCUT2D eigenvalue weighted by atomic mass is 16.5. The van der Waals surface area contributed by atoms with E-state index in [0.717, 1.165) is 52.4 Å². The summed E-state index contributed by atoms with van der Waals surface area (Å²) in [6.45, 7) is 16.8. The Morgan fingerprint density at radius 1 is 0.714 bits per heavy atom. The van der Waals surface area contributed by atoms with Gasteiger partial charge in [0.1, 0.15) is 30.5 Å². The van der Waals surface area contributed by atoms with Gasteiger partial charge < -0.3 is 29.2 Å². The fraction of sp³-hybridized carbons (Fsp3) is 0.405. The van der Waals surface area contributed by atoms with E-state index in [1.807, 2.05) is 95.9 Å². The number of ether oxygens (including phenoxy) is 4. The number of rotatable bonds is 11. The van der Waals surface area contributed by atoms with Crippen LogP contribution in [0.4, 0.5) is 0 Å². The number of amides is 1. The Labute approximate surface area is 295 Å². The molecule has 0 fully saturated rings. The summed E-state index contributed by atoms with van der Waals surface area (Å²) < 4.78 is 22.2. The summed E-state index contributed by atoms with van der Waals surface area (Å²) >= 11 is 0. The number of benzene rings is 4. The van der Waals surface area contributed by atoms with Gasteiger partial charge in [0.05, 0.1) is 12.7 Å². The van der Waals surface area contributed by atoms with E-state index in [1.54, 1.807) is 21.3 Å². The predicted molar refractivity (Wildman–Crippen MR) is 202 cm³/mol. The maximum atomic E-state index is 13.9. The quantitative estimate of drug-likeness (QED) is 0.172. The van der Waals surface area contributed by atoms with Crippen LogP contribution in [0.1, 0.15) is 92.1 Å². The highest BCUT2D eigenvalue weighted by Crippen LogP contribution is 2.37. The van der Waals surface area contributed by atoms with E-state index in [1.165, 1.54) is 6.42 Å². The second-order valence-corrected chi connectivity index (χ2v) is 12.0. The molecule has 0 aromatic heterocycles. The molecule has 0 bridgehead atoms. The van der Waals surface area contributed by atoms with Gasteiger partial charge >= 0.3 is 0 Å². The van der Waals surface area contributed by atoms with E-state index in [9.17, 15) is 4.79 Å². The van der Waals surface area contributed by atoms with E-state index >= 15 is 0 Å². The average molecular weight is 671 g/mol. The first-order chi connectivity index (χ1) is 23.8. The summed E-state index contributed by atoms with van der Waals surface area (Å²) in [5.41, 5.74) is 5.89. The third-order valence-corrected chi connectivity index (χ3v) is 7.36. The number of hydrogen-bond acceptors (Lipinski definition) is 6. The lowest BCUT2D eigenvalue weighted by Crippen LogP contribution is -2.26. The van der Waals surface area contributed by atoms with Crippen molar-refractivity contribution in [2.75, 3.05) is 34.4 Å². The van der Waals surface area contributed by atoms with Crippen molar-refractivity contribution in [2.24, 2.45) is 0 Å². The van der Waals surface area contributed by atoms with Gasteiger partial charge in [-0.05, 0) is 65.0 Å². The minimum Gasteiger partial charge on any atom is -0.497 e. The molecule has 1 aliphatic rings. The lowest BCUT2D eigenvalue weighted by molar-refractivity contribution is 0.0746. The highest BCUT2D eigenvalue weighted by molar-refractivity contribution is 5.98. The number of carbonyl (C=O) groups is 1. The predicted octanol–water partition coefficient (Wildman–Crippen LogP) is 9.43. The molecule has 0 saturated carbocycles. The lowest BCUT2D eigenvalue weighted by Gasteiger charge is -2.22. The van der Waals surface area contributed by atoms with Crippen LogP contribution in [0.5, 0.6) is 17.2 Å². The van der Waals surface area contributed by atoms with Gasteiger partial charge in [0, 0.05) is 33.4 Å². The lowest BCUT2D eigenvalue weighted by atomic mass is 9.98. The molecule has 0 atom stereocenters. The largest absolute Gasteiger partial charge is 0.497 e. The number of carbonyl (C=O) groups excluding carboxylic acids is 1. The molecule has 4 aromatic carbocycles. The number of nitrogens with zero attached hydrogens (tertiary/aromatic N) is 1. The van der Waals surface area contributed by atoms with E-state index in [-0.39, 0.29) is 11.8 Å². The standard InChI is InChI=1S/C33H33NO4.C4H11N.C3H8.C2H6O/c1-23(2)29-17-30(33(35)34-19-26-14-15-28(36-3)16-27(26)20-34)32(38-22-25-12-8-5-9-13-25)18-31(29)37-21-24-10-6-4-7-11-24;1-3-5-4-2;2*1-3-2/h4-18,23H,19-22H2,1-3H3;5H,3-4H2,1-2H3;3H2,1-2H3;1-2H3. The van der Waals surface area contributed by atoms with Gasteiger partial charge in [0.15, 0.2) is 0 Å². The van der Waals surface area contributed by atoms with Crippen LogP contribution in [0, 0.1) is 0 Å². The summed E-state index contributed by atoms with van der Waals surface area (Å²) in [4.78, 5) is 15.8. The Kier molecular flexibility index (Phi) is 19.3. The van der Waals surface area contributed by atoms with Gasteiger partial charge in [-0.15, -0.1) is 0 Å². The second kappa shape index (κ2) is 23.1. The van der Waals surface area contributed by atoms with Crippen molar-refractivity contribution in [2.45, 2.75) is 80.2 Å². The minimum absolute atomic E-state index is 0.0558. The van der Waals surface area contributed by atoms with E-state index in [0.29, 0.717) is 37.6 Å². The summed E-state index contributed by atoms with van der Waals surface area (Å²) in [6, 6.07) is 29.9. The van der Waals surface area contributed by atoms with Crippen molar-refractivity contribution in [3.8, 4) is 17.2 Å². The summed E-state index contributed by atoms with van der Waals surface area (Å²) in [7, 11) is 4.91. The fourth-order valence-corrected chi connectivity index (χ4v) is 4.97. The zero-order chi connectivity index (χ0) is 36.0. The summed E-state index contributed by atoms with van der Waals surface area (Å²) in [5, 5.41) is 3.11. The van der Waals surface area contributed by atoms with Gasteiger partial charge in [0.2, 0.25) is 0 Å². The molecule has 0 radical (unpaired) electrons. The average Bonchev–Trinajstić information content (AvgIpc) is 3.55. The van der Waals surface area contributed by atoms with Crippen LogP contribution in [0.2, 0.25) is 0 Å². The topological polar surface area (TPSA) is 69.3 Å². The molecule has 0 spiro atoms. The Bertz CT molecular complexity index is 1490. The summed E-state index contributed by atoms with van der Waals surface area (Å²) in [5.74, 6) is 2.17. The Morgan fingerprint density at radius 2 is 1.22 bits per heavy atom. The Balaban J connectivity index is 0.000000666. The van der Waals surface area contributed by atoms with E-state index < -0.39 is 0 Å². The first kappa shape index (κ1) is 40.8. The molecular weight excluding hydrogens is 612 g/mol. The molecule has 0 unspecified atom stereocenters. The van der Waals surface area contributed by atoms with Crippen LogP contribution in [0.25, 0.3) is 0 Å². The molecule has 1 amide bonds. The highest BCUT2D eigenvalue weighted by Gasteiger charge is 2.28. The molecule has 266 valence electrons. The number of nitrogens with one attached hydrogen (secondary N) is 1. The van der Waals surface area contributed by atoms with Crippen molar-refractivity contribution >= 4 is 5.91 Å². The Morgan fingerprint density at radius 3 is 1.69 bits per heavy atom. The van der Waals surface area contributed by atoms with Crippen LogP contribution in [-0.2, 0) is 31.0 Å². The SMILES string of the molecule is CCC.CCNCC.COC.COc1ccc2c(c1)CN(C(=O)c1cc(C(C)C)c(OCc3ccccc3)cc1OCc1ccccc1)C2. The van der Waals surface area contributed by atoms with Crippen molar-refractivity contribution in [1.29, 1.82) is 0 Å². The van der Waals surface area contributed by atoms with Gasteiger partial charge in [-0.25, -0.2) is 0 Å². The molecule has 1 aliphatic heterocycles. The molecule has 7 heteroatoms. The first-order valence-corrected chi connectivity index (χ1v) is 17.3. The number of fused-ring (bicyclic) bond motifs is 1. The maximum absolute atomic E-state index is 13.9. The van der Waals surface area contributed by atoms with Gasteiger partial charge in [0.25, 0.3) is 5.91 Å². The zero-order valence-electron chi connectivity index (χ0n) is 31.2. The molecular formula is C42H58N2O5. The monoisotopic (exact) mass is 670 g/mol. The molecule has 5 rings (SSSR count). The second-order valence-electron chi connectivity index (χ2n) is 12.0. The smallest absolute Gasteiger partial charge is 0.258 e. The third-order valence-electron chi connectivity index (χ3n) is 7.36. The first-order valence-electron chi connectivity index (χ1n) is 17.3. The van der Waals surface area contributed by atoms with Crippen molar-refractivity contribution in [3.63, 3.8) is 0 Å². The molecule has 0 aliphatic carbocycles. The molecule has 0 saturated heterocycles. The van der Waals surface area contributed by atoms with Crippen molar-refractivity contribution in [3.05, 3.63) is 124 Å². The minimum atomic E-state index is -0.0558. The molecule has 1 heterocycles. The van der Waals surface area contributed by atoms with Crippen LogP contribution in [0.3, 0.4) is 0 Å². The fourth-order valence-electron chi connectivity index (χ4n) is 4.97. The molecule has 49 heavy (non-hydrogen) atoms. The zero-order valence-corrected chi connectivity index (χ0v) is 31.2. The third kappa shape index (κ3) is 13.6. The molecule has 1 N–H and O–H groups in total. The van der Waals surface area contributed by atoms with Crippen LogP contribution in [-0.4, -0.2) is 45.2 Å². The maximum Gasteiger partial charge on any atom is 0.258 e. The van der Waals surface area contributed by atoms with Gasteiger partial charge in [-0.1, -0.05) is 115 Å². The van der Waals surface area contributed by atoms with Gasteiger partial charge in [-0.2, -0.15) is 0 Å². The van der Waals surface area contributed by atoms with Gasteiger partial charge in [-0.3, -0.25) is 4.79 Å². The van der Waals surface area contributed by atoms with Crippen LogP contribution >= 0.6 is 0 Å². The number of methoxy groups -OCH3 is 2. The van der Waals surface area contributed by atoms with E-state index in [4.69, 9.17) is 14.2 Å². The number of hydrogen-bond donors (Lipinski definition) is 1. The molecule has 7 nitrogen and oxygen atoms in total. The van der Waals surface area contributed by atoms with Crippen molar-refractivity contribution < 1.29 is 23.7 Å². The molecule has 4 aromatic rings. The Hall–Kier alpha value is -4.33. The van der Waals surface area contributed by atoms with Crippen LogP contribution < -0.4 is 19.5 Å². The van der Waals surface area contributed by atoms with E-state index in [2.05, 4.69) is 51.6 Å². The van der Waals surface area contributed by atoms with Crippen LogP contribution in [0.15, 0.2) is 91.0 Å². The summed E-state index contributed by atoms with van der Waals surface area (Å²) in [6.07, 6.45) is 1.25. The van der Waals surface area contributed by atoms with Crippen molar-refractivity contribution in [1.82, 2.24) is 10.2 Å². The normalized spacial score (nSPS) is 11.2.